The minimum atomic E-state index is -0.622. The predicted molar refractivity (Wildman–Crippen MR) is 75.5 cm³/mol. The van der Waals surface area contributed by atoms with Gasteiger partial charge in [0, 0.05) is 15.6 Å². The van der Waals surface area contributed by atoms with Crippen molar-refractivity contribution in [2.24, 2.45) is 0 Å². The Hall–Kier alpha value is -1.39. The molecule has 1 atom stereocenters. The highest BCUT2D eigenvalue weighted by molar-refractivity contribution is 9.10. The molecule has 0 spiro atoms. The molecule has 0 saturated heterocycles. The summed E-state index contributed by atoms with van der Waals surface area (Å²) >= 11 is 3.30. The zero-order chi connectivity index (χ0) is 13.8. The molecule has 0 radical (unpaired) electrons. The molecule has 100 valence electrons. The van der Waals surface area contributed by atoms with Crippen LogP contribution in [0.1, 0.15) is 24.2 Å². The van der Waals surface area contributed by atoms with Crippen LogP contribution in [-0.4, -0.2) is 5.11 Å². The SMILES string of the molecule is CC(O)c1ccccc1OCc1cc(Br)ccc1F. The maximum Gasteiger partial charge on any atom is 0.129 e. The van der Waals surface area contributed by atoms with E-state index in [1.165, 1.54) is 6.07 Å². The topological polar surface area (TPSA) is 29.5 Å². The van der Waals surface area contributed by atoms with Gasteiger partial charge in [-0.1, -0.05) is 34.1 Å². The van der Waals surface area contributed by atoms with Crippen molar-refractivity contribution in [1.29, 1.82) is 0 Å². The third-order valence-corrected chi connectivity index (χ3v) is 3.25. The van der Waals surface area contributed by atoms with Gasteiger partial charge in [-0.15, -0.1) is 0 Å². The van der Waals surface area contributed by atoms with E-state index in [0.29, 0.717) is 16.9 Å². The Balaban J connectivity index is 2.17. The minimum absolute atomic E-state index is 0.120. The van der Waals surface area contributed by atoms with E-state index < -0.39 is 6.10 Å². The summed E-state index contributed by atoms with van der Waals surface area (Å²) in [6, 6.07) is 11.9. The van der Waals surface area contributed by atoms with Crippen molar-refractivity contribution in [2.75, 3.05) is 0 Å². The average molecular weight is 325 g/mol. The first-order chi connectivity index (χ1) is 9.08. The number of benzene rings is 2. The van der Waals surface area contributed by atoms with Gasteiger partial charge >= 0.3 is 0 Å². The molecule has 1 N–H and O–H groups in total. The van der Waals surface area contributed by atoms with Crippen molar-refractivity contribution in [2.45, 2.75) is 19.6 Å². The molecule has 0 heterocycles. The molecular weight excluding hydrogens is 311 g/mol. The van der Waals surface area contributed by atoms with Gasteiger partial charge in [0.05, 0.1) is 6.10 Å². The summed E-state index contributed by atoms with van der Waals surface area (Å²) in [6.07, 6.45) is -0.622. The van der Waals surface area contributed by atoms with Crippen molar-refractivity contribution in [3.05, 3.63) is 63.9 Å². The van der Waals surface area contributed by atoms with Crippen molar-refractivity contribution < 1.29 is 14.2 Å². The summed E-state index contributed by atoms with van der Waals surface area (Å²) in [5.74, 6) is 0.259. The number of ether oxygens (including phenoxy) is 1. The zero-order valence-electron chi connectivity index (χ0n) is 10.4. The Bertz CT molecular complexity index is 570. The molecule has 1 unspecified atom stereocenters. The van der Waals surface area contributed by atoms with E-state index in [9.17, 15) is 9.50 Å². The van der Waals surface area contributed by atoms with Gasteiger partial charge in [0.1, 0.15) is 18.2 Å². The van der Waals surface area contributed by atoms with Crippen LogP contribution in [0.2, 0.25) is 0 Å². The maximum absolute atomic E-state index is 13.6. The molecule has 0 aliphatic heterocycles. The molecule has 0 amide bonds. The number of hydrogen-bond acceptors (Lipinski definition) is 2. The number of rotatable bonds is 4. The smallest absolute Gasteiger partial charge is 0.129 e. The molecule has 2 rings (SSSR count). The fraction of sp³-hybridized carbons (Fsp3) is 0.200. The summed E-state index contributed by atoms with van der Waals surface area (Å²) in [4.78, 5) is 0. The lowest BCUT2D eigenvalue weighted by atomic mass is 10.1. The van der Waals surface area contributed by atoms with Crippen LogP contribution < -0.4 is 4.74 Å². The zero-order valence-corrected chi connectivity index (χ0v) is 12.0. The second-order valence-electron chi connectivity index (χ2n) is 4.24. The van der Waals surface area contributed by atoms with Crippen LogP contribution in [-0.2, 0) is 6.61 Å². The van der Waals surface area contributed by atoms with Gasteiger partial charge in [0.25, 0.3) is 0 Å². The molecule has 0 aliphatic rings. The van der Waals surface area contributed by atoms with Crippen LogP contribution in [0.5, 0.6) is 5.75 Å². The van der Waals surface area contributed by atoms with Crippen LogP contribution >= 0.6 is 15.9 Å². The first-order valence-electron chi connectivity index (χ1n) is 5.91. The standard InChI is InChI=1S/C15H14BrFO2/c1-10(18)13-4-2-3-5-15(13)19-9-11-8-12(16)6-7-14(11)17/h2-8,10,18H,9H2,1H3. The fourth-order valence-corrected chi connectivity index (χ4v) is 2.18. The van der Waals surface area contributed by atoms with Gasteiger partial charge < -0.3 is 9.84 Å². The van der Waals surface area contributed by atoms with Crippen LogP contribution in [0.4, 0.5) is 4.39 Å². The summed E-state index contributed by atoms with van der Waals surface area (Å²) in [6.45, 7) is 1.79. The molecule has 2 nitrogen and oxygen atoms in total. The molecular formula is C15H14BrFO2. The predicted octanol–water partition coefficient (Wildman–Crippen LogP) is 4.22. The number of para-hydroxylation sites is 1. The lowest BCUT2D eigenvalue weighted by molar-refractivity contribution is 0.190. The highest BCUT2D eigenvalue weighted by Crippen LogP contribution is 2.26. The molecule has 0 saturated carbocycles. The van der Waals surface area contributed by atoms with Crippen molar-refractivity contribution >= 4 is 15.9 Å². The van der Waals surface area contributed by atoms with E-state index in [1.54, 1.807) is 31.2 Å². The quantitative estimate of drug-likeness (QED) is 0.912. The van der Waals surface area contributed by atoms with Crippen LogP contribution in [0.15, 0.2) is 46.9 Å². The molecule has 0 bridgehead atoms. The van der Waals surface area contributed by atoms with Gasteiger partial charge in [-0.2, -0.15) is 0 Å². The van der Waals surface area contributed by atoms with Crippen molar-refractivity contribution in [3.63, 3.8) is 0 Å². The van der Waals surface area contributed by atoms with Gasteiger partial charge in [-0.25, -0.2) is 4.39 Å². The lowest BCUT2D eigenvalue weighted by Crippen LogP contribution is -2.02. The number of aliphatic hydroxyl groups excluding tert-OH is 1. The first kappa shape index (κ1) is 14.0. The highest BCUT2D eigenvalue weighted by Gasteiger charge is 2.09. The molecule has 2 aromatic carbocycles. The summed E-state index contributed by atoms with van der Waals surface area (Å²) in [7, 11) is 0. The van der Waals surface area contributed by atoms with Crippen LogP contribution in [0.3, 0.4) is 0 Å². The third-order valence-electron chi connectivity index (χ3n) is 2.76. The largest absolute Gasteiger partial charge is 0.488 e. The fourth-order valence-electron chi connectivity index (χ4n) is 1.77. The maximum atomic E-state index is 13.6. The summed E-state index contributed by atoms with van der Waals surface area (Å²) in [5.41, 5.74) is 1.16. The minimum Gasteiger partial charge on any atom is -0.488 e. The van der Waals surface area contributed by atoms with E-state index in [-0.39, 0.29) is 12.4 Å². The van der Waals surface area contributed by atoms with Crippen molar-refractivity contribution in [3.8, 4) is 5.75 Å². The normalized spacial score (nSPS) is 12.2. The molecule has 0 aliphatic carbocycles. The molecule has 2 aromatic rings. The van der Waals surface area contributed by atoms with E-state index in [2.05, 4.69) is 15.9 Å². The van der Waals surface area contributed by atoms with Gasteiger partial charge in [-0.05, 0) is 31.2 Å². The van der Waals surface area contributed by atoms with Crippen LogP contribution in [0.25, 0.3) is 0 Å². The number of hydrogen-bond donors (Lipinski definition) is 1. The number of aliphatic hydroxyl groups is 1. The Morgan fingerprint density at radius 3 is 2.74 bits per heavy atom. The molecule has 0 aromatic heterocycles. The van der Waals surface area contributed by atoms with E-state index in [1.807, 2.05) is 12.1 Å². The van der Waals surface area contributed by atoms with Gasteiger partial charge in [0.2, 0.25) is 0 Å². The average Bonchev–Trinajstić information content (AvgIpc) is 2.40. The van der Waals surface area contributed by atoms with Gasteiger partial charge in [0.15, 0.2) is 0 Å². The monoisotopic (exact) mass is 324 g/mol. The van der Waals surface area contributed by atoms with E-state index in [0.717, 1.165) is 4.47 Å². The number of halogens is 2. The third kappa shape index (κ3) is 3.55. The summed E-state index contributed by atoms with van der Waals surface area (Å²) in [5, 5.41) is 9.64. The molecule has 0 fully saturated rings. The highest BCUT2D eigenvalue weighted by atomic mass is 79.9. The van der Waals surface area contributed by atoms with Gasteiger partial charge in [-0.3, -0.25) is 0 Å². The molecule has 4 heteroatoms. The lowest BCUT2D eigenvalue weighted by Gasteiger charge is -2.13. The van der Waals surface area contributed by atoms with E-state index in [4.69, 9.17) is 4.74 Å². The molecule has 19 heavy (non-hydrogen) atoms. The van der Waals surface area contributed by atoms with Crippen molar-refractivity contribution in [1.82, 2.24) is 0 Å². The Kier molecular flexibility index (Phi) is 4.56. The van der Waals surface area contributed by atoms with E-state index >= 15 is 0 Å². The first-order valence-corrected chi connectivity index (χ1v) is 6.71. The second-order valence-corrected chi connectivity index (χ2v) is 5.15. The summed E-state index contributed by atoms with van der Waals surface area (Å²) < 4.78 is 20.0. The van der Waals surface area contributed by atoms with Crippen LogP contribution in [0, 0.1) is 5.82 Å². The Morgan fingerprint density at radius 2 is 2.00 bits per heavy atom. The Labute approximate surface area is 120 Å². The Morgan fingerprint density at radius 1 is 1.26 bits per heavy atom. The second kappa shape index (κ2) is 6.17.